The van der Waals surface area contributed by atoms with E-state index < -0.39 is 23.7 Å². The van der Waals surface area contributed by atoms with E-state index in [2.05, 4.69) is 10.3 Å². The molecule has 8 nitrogen and oxygen atoms in total. The minimum atomic E-state index is -1.06. The third-order valence-corrected chi connectivity index (χ3v) is 5.31. The Bertz CT molecular complexity index is 1290. The van der Waals surface area contributed by atoms with Gasteiger partial charge in [0.1, 0.15) is 17.9 Å². The fourth-order valence-electron chi connectivity index (χ4n) is 3.75. The van der Waals surface area contributed by atoms with Crippen molar-refractivity contribution < 1.29 is 14.3 Å². The molecule has 158 valence electrons. The van der Waals surface area contributed by atoms with E-state index in [1.165, 1.54) is 10.5 Å². The van der Waals surface area contributed by atoms with E-state index in [0.717, 1.165) is 5.56 Å². The van der Waals surface area contributed by atoms with Gasteiger partial charge in [-0.2, -0.15) is 5.26 Å². The van der Waals surface area contributed by atoms with Crippen LogP contribution >= 0.6 is 0 Å². The maximum absolute atomic E-state index is 13.4. The summed E-state index contributed by atoms with van der Waals surface area (Å²) >= 11 is 0. The average molecular weight is 421 g/mol. The van der Waals surface area contributed by atoms with Gasteiger partial charge in [-0.25, -0.2) is 14.2 Å². The normalized spacial score (nSPS) is 14.7. The maximum atomic E-state index is 13.4. The van der Waals surface area contributed by atoms with Crippen molar-refractivity contribution in [1.29, 1.82) is 5.26 Å². The van der Waals surface area contributed by atoms with E-state index in [0.29, 0.717) is 16.9 Å². The molecule has 1 aliphatic heterocycles. The Morgan fingerprint density at radius 1 is 1.39 bits per heavy atom. The Morgan fingerprint density at radius 3 is 2.74 bits per heavy atom. The molecule has 1 saturated heterocycles. The number of aryl methyl sites for hydroxylation is 1. The van der Waals surface area contributed by atoms with Crippen LogP contribution < -0.4 is 15.8 Å². The Hall–Kier alpha value is -3.93. The monoisotopic (exact) mass is 421 g/mol. The highest BCUT2D eigenvalue weighted by atomic mass is 19.1. The minimum absolute atomic E-state index is 0.0816. The molecule has 2 N–H and O–H groups in total. The number of carboxylic acid groups (broad SMARTS) is 1. The van der Waals surface area contributed by atoms with Crippen LogP contribution in [0.4, 0.5) is 15.9 Å². The summed E-state index contributed by atoms with van der Waals surface area (Å²) in [5.41, 5.74) is 1.67. The smallest absolute Gasteiger partial charge is 0.337 e. The Balaban J connectivity index is 1.85. The highest BCUT2D eigenvalue weighted by molar-refractivity contribution is 5.94. The number of carboxylic acids is 1. The fraction of sp³-hybridized carbons (Fsp3) is 0.273. The van der Waals surface area contributed by atoms with Crippen LogP contribution in [0.5, 0.6) is 0 Å². The fourth-order valence-corrected chi connectivity index (χ4v) is 3.75. The molecule has 2 aromatic heterocycles. The molecule has 0 radical (unpaired) electrons. The number of alkyl halides is 1. The lowest BCUT2D eigenvalue weighted by molar-refractivity contribution is 0.0698. The van der Waals surface area contributed by atoms with Gasteiger partial charge >= 0.3 is 5.97 Å². The van der Waals surface area contributed by atoms with Crippen molar-refractivity contribution in [3.05, 3.63) is 69.1 Å². The van der Waals surface area contributed by atoms with Gasteiger partial charge in [0.15, 0.2) is 11.4 Å². The molecule has 1 unspecified atom stereocenters. The summed E-state index contributed by atoms with van der Waals surface area (Å²) in [4.78, 5) is 30.7. The van der Waals surface area contributed by atoms with E-state index in [1.807, 2.05) is 26.0 Å². The number of hydrogen-bond acceptors (Lipinski definition) is 6. The van der Waals surface area contributed by atoms with Gasteiger partial charge < -0.3 is 15.3 Å². The lowest BCUT2D eigenvalue weighted by atomic mass is 10.1. The second kappa shape index (κ2) is 7.72. The predicted octanol–water partition coefficient (Wildman–Crippen LogP) is 2.90. The van der Waals surface area contributed by atoms with Crippen LogP contribution in [0.15, 0.2) is 41.3 Å². The number of benzene rings is 1. The molecule has 9 heteroatoms. The van der Waals surface area contributed by atoms with Crippen LogP contribution in [0.3, 0.4) is 0 Å². The largest absolute Gasteiger partial charge is 0.478 e. The van der Waals surface area contributed by atoms with Gasteiger partial charge in [0.25, 0.3) is 5.56 Å². The van der Waals surface area contributed by atoms with Gasteiger partial charge in [0.05, 0.1) is 24.7 Å². The first-order chi connectivity index (χ1) is 14.8. The number of aromatic nitrogens is 2. The Morgan fingerprint density at radius 2 is 2.10 bits per heavy atom. The minimum Gasteiger partial charge on any atom is -0.478 e. The topological polar surface area (TPSA) is 111 Å². The number of aromatic carboxylic acids is 1. The Kier molecular flexibility index (Phi) is 5.07. The van der Waals surface area contributed by atoms with Crippen molar-refractivity contribution in [2.75, 3.05) is 23.3 Å². The van der Waals surface area contributed by atoms with Crippen molar-refractivity contribution in [2.45, 2.75) is 26.1 Å². The highest BCUT2D eigenvalue weighted by Gasteiger charge is 2.31. The summed E-state index contributed by atoms with van der Waals surface area (Å²) < 4.78 is 14.7. The van der Waals surface area contributed by atoms with Gasteiger partial charge in [-0.05, 0) is 37.6 Å². The third kappa shape index (κ3) is 3.57. The molecule has 1 aliphatic rings. The van der Waals surface area contributed by atoms with Crippen molar-refractivity contribution in [3.63, 3.8) is 0 Å². The average Bonchev–Trinajstić information content (AvgIpc) is 2.71. The first kappa shape index (κ1) is 20.3. The van der Waals surface area contributed by atoms with Crippen LogP contribution in [0.25, 0.3) is 5.65 Å². The van der Waals surface area contributed by atoms with Gasteiger partial charge in [-0.1, -0.05) is 12.1 Å². The lowest BCUT2D eigenvalue weighted by Crippen LogP contribution is -2.50. The molecule has 3 aromatic rings. The second-order valence-electron chi connectivity index (χ2n) is 7.61. The summed E-state index contributed by atoms with van der Waals surface area (Å²) in [6.45, 7) is 3.81. The van der Waals surface area contributed by atoms with Gasteiger partial charge in [-0.15, -0.1) is 0 Å². The van der Waals surface area contributed by atoms with Crippen LogP contribution in [0.2, 0.25) is 0 Å². The molecule has 0 bridgehead atoms. The van der Waals surface area contributed by atoms with Gasteiger partial charge in [0, 0.05) is 17.4 Å². The van der Waals surface area contributed by atoms with E-state index in [1.54, 1.807) is 29.3 Å². The molecule has 0 spiro atoms. The van der Waals surface area contributed by atoms with E-state index in [9.17, 15) is 24.3 Å². The number of fused-ring (bicyclic) bond motifs is 1. The summed E-state index contributed by atoms with van der Waals surface area (Å²) in [7, 11) is 0. The number of para-hydroxylation sites is 1. The van der Waals surface area contributed by atoms with Crippen LogP contribution in [0, 0.1) is 18.3 Å². The van der Waals surface area contributed by atoms with Crippen LogP contribution in [-0.2, 0) is 0 Å². The summed E-state index contributed by atoms with van der Waals surface area (Å²) in [6.07, 6.45) is 0.586. The number of pyridine rings is 1. The molecule has 1 aromatic carbocycles. The number of nitrogens with zero attached hydrogens (tertiary/aromatic N) is 4. The van der Waals surface area contributed by atoms with Crippen molar-refractivity contribution in [1.82, 2.24) is 9.38 Å². The molecule has 0 amide bonds. The Labute approximate surface area is 177 Å². The molecule has 0 aliphatic carbocycles. The second-order valence-corrected chi connectivity index (χ2v) is 7.61. The number of nitrogens with one attached hydrogen (secondary N) is 1. The van der Waals surface area contributed by atoms with Gasteiger partial charge in [0.2, 0.25) is 0 Å². The molecule has 1 fully saturated rings. The number of anilines is 2. The number of halogens is 1. The predicted molar refractivity (Wildman–Crippen MR) is 113 cm³/mol. The number of nitriles is 1. The third-order valence-electron chi connectivity index (χ3n) is 5.31. The zero-order valence-electron chi connectivity index (χ0n) is 17.0. The van der Waals surface area contributed by atoms with Crippen LogP contribution in [0.1, 0.15) is 40.0 Å². The highest BCUT2D eigenvalue weighted by Crippen LogP contribution is 2.28. The van der Waals surface area contributed by atoms with Gasteiger partial charge in [-0.3, -0.25) is 9.20 Å². The molecule has 0 saturated carbocycles. The summed E-state index contributed by atoms with van der Waals surface area (Å²) in [5.74, 6) is -0.886. The van der Waals surface area contributed by atoms with E-state index in [4.69, 9.17) is 0 Å². The van der Waals surface area contributed by atoms with E-state index >= 15 is 0 Å². The molecular weight excluding hydrogens is 401 g/mol. The number of rotatable bonds is 5. The van der Waals surface area contributed by atoms with Crippen molar-refractivity contribution >= 4 is 23.1 Å². The zero-order valence-corrected chi connectivity index (χ0v) is 17.0. The van der Waals surface area contributed by atoms with Crippen molar-refractivity contribution in [3.8, 4) is 6.07 Å². The molecule has 1 atom stereocenters. The first-order valence-corrected chi connectivity index (χ1v) is 9.75. The zero-order chi connectivity index (χ0) is 22.3. The number of carbonyl (C=O) groups is 1. The first-order valence-electron chi connectivity index (χ1n) is 9.75. The SMILES string of the molecule is Cc1cc(C(C)Nc2ccccc2C(=O)O)c2nc(N3CC(F)C3)c(C#N)c(=O)n2c1. The molecule has 31 heavy (non-hydrogen) atoms. The lowest BCUT2D eigenvalue weighted by Gasteiger charge is -2.35. The summed E-state index contributed by atoms with van der Waals surface area (Å²) in [6, 6.07) is 9.89. The molecule has 3 heterocycles. The number of hydrogen-bond donors (Lipinski definition) is 2. The van der Waals surface area contributed by atoms with E-state index in [-0.39, 0.29) is 30.0 Å². The van der Waals surface area contributed by atoms with Crippen molar-refractivity contribution in [2.24, 2.45) is 0 Å². The van der Waals surface area contributed by atoms with Crippen LogP contribution in [-0.4, -0.2) is 39.7 Å². The molecule has 4 rings (SSSR count). The molecular formula is C22H20FN5O3. The standard InChI is InChI=1S/C22H20FN5O3/c1-12-7-16(13(2)25-18-6-4-3-5-15(18)22(30)31)20-26-19(27-10-14(23)11-27)17(8-24)21(29)28(20)9-12/h3-7,9,13-14,25H,10-11H2,1-2H3,(H,30,31). The quantitative estimate of drug-likeness (QED) is 0.652. The maximum Gasteiger partial charge on any atom is 0.337 e. The summed E-state index contributed by atoms with van der Waals surface area (Å²) in [5, 5.41) is 22.2.